The van der Waals surface area contributed by atoms with Gasteiger partial charge < -0.3 is 30.0 Å². The molecule has 1 fully saturated rings. The first-order valence-electron chi connectivity index (χ1n) is 10.0. The Morgan fingerprint density at radius 1 is 0.750 bits per heavy atom. The molecule has 1 aliphatic carbocycles. The molecule has 0 spiro atoms. The summed E-state index contributed by atoms with van der Waals surface area (Å²) in [4.78, 5) is 0. The quantitative estimate of drug-likeness (QED) is 0.837. The Labute approximate surface area is 165 Å². The van der Waals surface area contributed by atoms with Gasteiger partial charge in [-0.1, -0.05) is 31.4 Å². The Morgan fingerprint density at radius 2 is 1.32 bits per heavy atom. The van der Waals surface area contributed by atoms with E-state index >= 15 is 0 Å². The summed E-state index contributed by atoms with van der Waals surface area (Å²) in [5.74, 6) is 3.36. The topological polar surface area (TPSA) is 75.0 Å². The Kier molecular flexibility index (Phi) is 6.19. The minimum Gasteiger partial charge on any atom is -0.454 e. The van der Waals surface area contributed by atoms with Crippen LogP contribution in [-0.4, -0.2) is 19.6 Å². The van der Waals surface area contributed by atoms with Crippen LogP contribution in [0, 0.1) is 0 Å². The minimum absolute atomic E-state index is 0.323. The maximum Gasteiger partial charge on any atom is 0.231 e. The van der Waals surface area contributed by atoms with E-state index in [0.29, 0.717) is 26.2 Å². The first kappa shape index (κ1) is 18.9. The highest BCUT2D eigenvalue weighted by Gasteiger charge is 2.15. The molecule has 150 valence electrons. The third-order valence-corrected chi connectivity index (χ3v) is 5.31. The lowest BCUT2D eigenvalue weighted by atomic mass is 9.95. The summed E-state index contributed by atoms with van der Waals surface area (Å²) in [6, 6.07) is 12.6. The summed E-state index contributed by atoms with van der Waals surface area (Å²) in [5, 5.41) is 3.63. The zero-order chi connectivity index (χ0) is 19.2. The predicted molar refractivity (Wildman–Crippen MR) is 107 cm³/mol. The van der Waals surface area contributed by atoms with Crippen molar-refractivity contribution in [3.05, 3.63) is 47.5 Å². The number of fused-ring (bicyclic) bond motifs is 2. The molecule has 6 heteroatoms. The Morgan fingerprint density at radius 3 is 1.96 bits per heavy atom. The van der Waals surface area contributed by atoms with Crippen molar-refractivity contribution in [3.8, 4) is 23.0 Å². The molecule has 2 aromatic carbocycles. The maximum absolute atomic E-state index is 5.45. The van der Waals surface area contributed by atoms with E-state index in [2.05, 4.69) is 17.4 Å². The van der Waals surface area contributed by atoms with Crippen LogP contribution in [0.4, 0.5) is 0 Å². The van der Waals surface area contributed by atoms with Gasteiger partial charge in [-0.3, -0.25) is 0 Å². The number of nitrogens with one attached hydrogen (secondary N) is 1. The van der Waals surface area contributed by atoms with Gasteiger partial charge in [-0.2, -0.15) is 0 Å². The number of hydrogen-bond donors (Lipinski definition) is 2. The smallest absolute Gasteiger partial charge is 0.231 e. The van der Waals surface area contributed by atoms with E-state index in [1.54, 1.807) is 0 Å². The SMILES string of the molecule is NCc1ccc2c(c1)OCO2.c1cc2c(cc1CNC1CCCCC1)OCO2. The number of benzene rings is 2. The zero-order valence-electron chi connectivity index (χ0n) is 16.1. The third-order valence-electron chi connectivity index (χ3n) is 5.31. The molecular weight excluding hydrogens is 356 g/mol. The molecule has 0 saturated heterocycles. The van der Waals surface area contributed by atoms with Gasteiger partial charge in [0, 0.05) is 19.1 Å². The van der Waals surface area contributed by atoms with Crippen LogP contribution in [0.3, 0.4) is 0 Å². The van der Waals surface area contributed by atoms with Gasteiger partial charge in [-0.25, -0.2) is 0 Å². The molecule has 2 heterocycles. The van der Waals surface area contributed by atoms with Crippen molar-refractivity contribution in [2.75, 3.05) is 13.6 Å². The van der Waals surface area contributed by atoms with Crippen LogP contribution in [0.1, 0.15) is 43.2 Å². The molecule has 2 aromatic rings. The molecule has 0 unspecified atom stereocenters. The number of ether oxygens (including phenoxy) is 4. The largest absolute Gasteiger partial charge is 0.454 e. The fourth-order valence-corrected chi connectivity index (χ4v) is 3.69. The van der Waals surface area contributed by atoms with Crippen molar-refractivity contribution in [2.24, 2.45) is 5.73 Å². The van der Waals surface area contributed by atoms with Crippen LogP contribution in [0.15, 0.2) is 36.4 Å². The van der Waals surface area contributed by atoms with Crippen molar-refractivity contribution >= 4 is 0 Å². The van der Waals surface area contributed by atoms with E-state index in [4.69, 9.17) is 24.7 Å². The molecule has 0 bridgehead atoms. The highest BCUT2D eigenvalue weighted by Crippen LogP contribution is 2.33. The van der Waals surface area contributed by atoms with Crippen molar-refractivity contribution in [1.29, 1.82) is 0 Å². The van der Waals surface area contributed by atoms with Gasteiger partial charge in [0.15, 0.2) is 23.0 Å². The molecule has 5 rings (SSSR count). The highest BCUT2D eigenvalue weighted by atomic mass is 16.7. The molecule has 6 nitrogen and oxygen atoms in total. The Bertz CT molecular complexity index is 790. The summed E-state index contributed by atoms with van der Waals surface area (Å²) in [6.45, 7) is 2.15. The van der Waals surface area contributed by atoms with E-state index in [9.17, 15) is 0 Å². The van der Waals surface area contributed by atoms with Crippen molar-refractivity contribution in [2.45, 2.75) is 51.2 Å². The fraction of sp³-hybridized carbons (Fsp3) is 0.455. The predicted octanol–water partition coefficient (Wildman–Crippen LogP) is 3.71. The summed E-state index contributed by atoms with van der Waals surface area (Å²) in [6.07, 6.45) is 6.80. The van der Waals surface area contributed by atoms with Gasteiger partial charge in [-0.15, -0.1) is 0 Å². The summed E-state index contributed by atoms with van der Waals surface area (Å²) in [7, 11) is 0. The molecule has 2 aliphatic heterocycles. The second kappa shape index (κ2) is 9.17. The summed E-state index contributed by atoms with van der Waals surface area (Å²) >= 11 is 0. The molecule has 0 radical (unpaired) electrons. The van der Waals surface area contributed by atoms with E-state index in [-0.39, 0.29) is 0 Å². The van der Waals surface area contributed by atoms with Crippen molar-refractivity contribution < 1.29 is 18.9 Å². The average Bonchev–Trinajstić information content (AvgIpc) is 3.41. The van der Waals surface area contributed by atoms with Gasteiger partial charge in [0.1, 0.15) is 0 Å². The lowest BCUT2D eigenvalue weighted by Gasteiger charge is -2.22. The second-order valence-electron chi connectivity index (χ2n) is 7.30. The van der Waals surface area contributed by atoms with Crippen molar-refractivity contribution in [1.82, 2.24) is 5.32 Å². The molecule has 3 aliphatic rings. The highest BCUT2D eigenvalue weighted by molar-refractivity contribution is 5.45. The lowest BCUT2D eigenvalue weighted by Crippen LogP contribution is -2.30. The summed E-state index contributed by atoms with van der Waals surface area (Å²) < 4.78 is 21.0. The standard InChI is InChI=1S/C14H19NO2.C8H9NO2/c1-2-4-12(5-3-1)15-9-11-6-7-13-14(8-11)17-10-16-13;9-4-6-1-2-7-8(3-6)11-5-10-7/h6-8,12,15H,1-5,9-10H2;1-3H,4-5,9H2. The van der Waals surface area contributed by atoms with Crippen LogP contribution in [0.2, 0.25) is 0 Å². The number of hydrogen-bond acceptors (Lipinski definition) is 6. The third kappa shape index (κ3) is 4.69. The van der Waals surface area contributed by atoms with Gasteiger partial charge in [0.05, 0.1) is 0 Å². The monoisotopic (exact) mass is 384 g/mol. The van der Waals surface area contributed by atoms with Gasteiger partial charge in [0.25, 0.3) is 0 Å². The Hall–Kier alpha value is -2.44. The fourth-order valence-electron chi connectivity index (χ4n) is 3.69. The zero-order valence-corrected chi connectivity index (χ0v) is 16.1. The van der Waals surface area contributed by atoms with Gasteiger partial charge in [0.2, 0.25) is 13.6 Å². The van der Waals surface area contributed by atoms with Gasteiger partial charge in [-0.05, 0) is 48.2 Å². The minimum atomic E-state index is 0.323. The van der Waals surface area contributed by atoms with E-state index in [0.717, 1.165) is 35.1 Å². The maximum atomic E-state index is 5.45. The van der Waals surface area contributed by atoms with Crippen LogP contribution in [-0.2, 0) is 13.1 Å². The van der Waals surface area contributed by atoms with Crippen LogP contribution in [0.5, 0.6) is 23.0 Å². The molecule has 0 amide bonds. The van der Waals surface area contributed by atoms with Gasteiger partial charge >= 0.3 is 0 Å². The second-order valence-corrected chi connectivity index (χ2v) is 7.30. The molecule has 3 N–H and O–H groups in total. The molecule has 0 aromatic heterocycles. The summed E-state index contributed by atoms with van der Waals surface area (Å²) in [5.41, 5.74) is 7.79. The number of nitrogens with two attached hydrogens (primary N) is 1. The first-order chi connectivity index (χ1) is 13.8. The van der Waals surface area contributed by atoms with E-state index in [1.807, 2.05) is 24.3 Å². The van der Waals surface area contributed by atoms with E-state index < -0.39 is 0 Å². The van der Waals surface area contributed by atoms with Crippen LogP contribution >= 0.6 is 0 Å². The molecular formula is C22H28N2O4. The van der Waals surface area contributed by atoms with Crippen molar-refractivity contribution in [3.63, 3.8) is 0 Å². The van der Waals surface area contributed by atoms with Crippen LogP contribution in [0.25, 0.3) is 0 Å². The normalized spacial score (nSPS) is 17.2. The average molecular weight is 384 g/mol. The van der Waals surface area contributed by atoms with Crippen LogP contribution < -0.4 is 30.0 Å². The number of rotatable bonds is 4. The Balaban J connectivity index is 0.000000151. The lowest BCUT2D eigenvalue weighted by molar-refractivity contribution is 0.173. The van der Waals surface area contributed by atoms with E-state index in [1.165, 1.54) is 37.7 Å². The molecule has 0 atom stereocenters. The molecule has 1 saturated carbocycles. The molecule has 28 heavy (non-hydrogen) atoms. The first-order valence-corrected chi connectivity index (χ1v) is 10.0.